The fourth-order valence-corrected chi connectivity index (χ4v) is 8.04. The average Bonchev–Trinajstić information content (AvgIpc) is 4.01. The maximum atomic E-state index is 14.8. The Morgan fingerprint density at radius 2 is 1.29 bits per heavy atom. The second-order valence-electron chi connectivity index (χ2n) is 14.2. The molecule has 0 aliphatic carbocycles. The van der Waals surface area contributed by atoms with Gasteiger partial charge in [-0.3, -0.25) is 0 Å². The highest BCUT2D eigenvalue weighted by atomic mass is 19.1. The van der Waals surface area contributed by atoms with E-state index in [0.29, 0.717) is 46.0 Å². The summed E-state index contributed by atoms with van der Waals surface area (Å²) in [5.74, 6) is -0.301. The number of fused-ring (bicyclic) bond motifs is 2. The molecule has 1 saturated heterocycles. The van der Waals surface area contributed by atoms with Gasteiger partial charge >= 0.3 is 0 Å². The largest absolute Gasteiger partial charge is 0.508 e. The molecule has 1 fully saturated rings. The molecule has 3 N–H and O–H groups in total. The SMILES string of the molecule is N#Cc1ccc([C@H]2CC(O)(c3cccc(OC4CCCCO4)c3)c3cncn32)c(F)c1.N#Cc1ccc([C@H]2C[C@](O)(c3cccc(O)c3)c3cncn32)c(F)c1. The molecule has 0 amide bonds. The van der Waals surface area contributed by atoms with E-state index in [-0.39, 0.29) is 36.0 Å². The number of aliphatic hydroxyl groups is 2. The van der Waals surface area contributed by atoms with Crippen molar-refractivity contribution in [2.75, 3.05) is 6.61 Å². The van der Waals surface area contributed by atoms with Crippen molar-refractivity contribution in [2.45, 2.75) is 61.7 Å². The Balaban J connectivity index is 0.000000161. The molecule has 0 spiro atoms. The van der Waals surface area contributed by atoms with E-state index in [1.807, 2.05) is 36.4 Å². The van der Waals surface area contributed by atoms with Gasteiger partial charge in [-0.2, -0.15) is 10.5 Å². The van der Waals surface area contributed by atoms with Crippen LogP contribution in [0.2, 0.25) is 0 Å². The quantitative estimate of drug-likeness (QED) is 0.165. The summed E-state index contributed by atoms with van der Waals surface area (Å²) in [5, 5.41) is 50.7. The van der Waals surface area contributed by atoms with E-state index in [0.717, 1.165) is 19.3 Å². The van der Waals surface area contributed by atoms with Gasteiger partial charge in [-0.15, -0.1) is 0 Å². The molecule has 13 heteroatoms. The topological polar surface area (TPSA) is 162 Å². The highest BCUT2D eigenvalue weighted by Gasteiger charge is 2.47. The van der Waals surface area contributed by atoms with Gasteiger partial charge in [0.15, 0.2) is 6.29 Å². The maximum Gasteiger partial charge on any atom is 0.199 e. The molecule has 3 aliphatic rings. The minimum atomic E-state index is -1.39. The molecule has 5 atom stereocenters. The zero-order chi connectivity index (χ0) is 39.0. The second kappa shape index (κ2) is 14.7. The summed E-state index contributed by atoms with van der Waals surface area (Å²) in [6.45, 7) is 0.686. The van der Waals surface area contributed by atoms with Crippen LogP contribution in [0.15, 0.2) is 110 Å². The standard InChI is InChI=1S/C24H22FN3O3.C19H14FN3O2/c25-20-10-16(13-26)7-8-19(20)21-12-24(29,22-14-27-15-28(21)22)17-4-3-5-18(11-17)31-23-6-1-2-9-30-23;20-16-6-12(9-21)4-5-15(16)17-8-19(25,18-10-22-11-23(17)18)13-2-1-3-14(24)7-13/h3-5,7-8,10-11,14-15,21,23,29H,1-2,6,9,12H2;1-7,10-11,17,24-25H,8H2/t21-,23?,24?;17-,19+/m11/s1. The van der Waals surface area contributed by atoms with Gasteiger partial charge in [0.05, 0.1) is 78.4 Å². The predicted octanol–water partition coefficient (Wildman–Crippen LogP) is 6.86. The van der Waals surface area contributed by atoms with E-state index >= 15 is 0 Å². The lowest BCUT2D eigenvalue weighted by molar-refractivity contribution is -0.106. The molecule has 282 valence electrons. The lowest BCUT2D eigenvalue weighted by atomic mass is 9.86. The van der Waals surface area contributed by atoms with Crippen LogP contribution >= 0.6 is 0 Å². The summed E-state index contributed by atoms with van der Waals surface area (Å²) >= 11 is 0. The zero-order valence-corrected chi connectivity index (χ0v) is 30.0. The van der Waals surface area contributed by atoms with E-state index in [1.165, 1.54) is 24.3 Å². The van der Waals surface area contributed by atoms with Crippen LogP contribution in [-0.2, 0) is 15.9 Å². The Morgan fingerprint density at radius 3 is 1.79 bits per heavy atom. The van der Waals surface area contributed by atoms with E-state index in [9.17, 15) is 24.1 Å². The van der Waals surface area contributed by atoms with Gasteiger partial charge in [-0.05, 0) is 72.5 Å². The number of imidazole rings is 2. The van der Waals surface area contributed by atoms with Crippen molar-refractivity contribution >= 4 is 0 Å². The average molecular weight is 755 g/mol. The molecule has 4 aromatic carbocycles. The molecule has 9 rings (SSSR count). The Morgan fingerprint density at radius 1 is 0.732 bits per heavy atom. The van der Waals surface area contributed by atoms with Crippen LogP contribution in [-0.4, -0.2) is 47.3 Å². The third kappa shape index (κ3) is 6.56. The molecule has 11 nitrogen and oxygen atoms in total. The molecule has 0 bridgehead atoms. The van der Waals surface area contributed by atoms with Crippen molar-refractivity contribution in [2.24, 2.45) is 0 Å². The minimum absolute atomic E-state index is 0.0463. The van der Waals surface area contributed by atoms with Crippen molar-refractivity contribution in [1.29, 1.82) is 10.5 Å². The van der Waals surface area contributed by atoms with Gasteiger partial charge in [0.2, 0.25) is 0 Å². The number of nitriles is 2. The van der Waals surface area contributed by atoms with Gasteiger partial charge in [0.25, 0.3) is 0 Å². The number of ether oxygens (including phenoxy) is 2. The van der Waals surface area contributed by atoms with E-state index < -0.39 is 34.9 Å². The van der Waals surface area contributed by atoms with E-state index in [2.05, 4.69) is 9.97 Å². The Bertz CT molecular complexity index is 2500. The molecule has 3 aliphatic heterocycles. The Hall–Kier alpha value is -6.38. The van der Waals surface area contributed by atoms with Crippen molar-refractivity contribution in [1.82, 2.24) is 19.1 Å². The normalized spacial score (nSPS) is 23.6. The summed E-state index contributed by atoms with van der Waals surface area (Å²) in [4.78, 5) is 8.29. The molecule has 0 saturated carbocycles. The Kier molecular flexibility index (Phi) is 9.60. The van der Waals surface area contributed by atoms with Crippen LogP contribution in [0.3, 0.4) is 0 Å². The third-order valence-electron chi connectivity index (χ3n) is 10.8. The van der Waals surface area contributed by atoms with Gasteiger partial charge < -0.3 is 33.9 Å². The van der Waals surface area contributed by atoms with Gasteiger partial charge in [0, 0.05) is 30.4 Å². The van der Waals surface area contributed by atoms with Gasteiger partial charge in [0.1, 0.15) is 34.3 Å². The number of phenolic OH excluding ortho intramolecular Hbond substituents is 1. The highest BCUT2D eigenvalue weighted by Crippen LogP contribution is 2.49. The van der Waals surface area contributed by atoms with Crippen molar-refractivity contribution in [3.8, 4) is 23.6 Å². The van der Waals surface area contributed by atoms with Crippen molar-refractivity contribution in [3.05, 3.63) is 166 Å². The smallest absolute Gasteiger partial charge is 0.199 e. The van der Waals surface area contributed by atoms with Gasteiger partial charge in [-0.25, -0.2) is 18.7 Å². The first-order valence-corrected chi connectivity index (χ1v) is 18.2. The minimum Gasteiger partial charge on any atom is -0.508 e. The number of hydrogen-bond acceptors (Lipinski definition) is 9. The number of hydrogen-bond donors (Lipinski definition) is 3. The number of phenols is 1. The summed E-state index contributed by atoms with van der Waals surface area (Å²) in [7, 11) is 0. The summed E-state index contributed by atoms with van der Waals surface area (Å²) < 4.78 is 44.4. The maximum absolute atomic E-state index is 14.8. The van der Waals surface area contributed by atoms with E-state index in [1.54, 1.807) is 70.6 Å². The number of rotatable bonds is 6. The molecule has 0 radical (unpaired) electrons. The molecule has 2 unspecified atom stereocenters. The van der Waals surface area contributed by atoms with Crippen molar-refractivity contribution < 1.29 is 33.6 Å². The van der Waals surface area contributed by atoms with Crippen LogP contribution < -0.4 is 4.74 Å². The molecule has 5 heterocycles. The fraction of sp³-hybridized carbons (Fsp3) is 0.256. The monoisotopic (exact) mass is 754 g/mol. The fourth-order valence-electron chi connectivity index (χ4n) is 8.04. The van der Waals surface area contributed by atoms with Crippen LogP contribution in [0.5, 0.6) is 11.5 Å². The molecular weight excluding hydrogens is 719 g/mol. The van der Waals surface area contributed by atoms with Crippen LogP contribution in [0.1, 0.15) is 89.0 Å². The highest BCUT2D eigenvalue weighted by molar-refractivity contribution is 5.44. The van der Waals surface area contributed by atoms with Crippen LogP contribution in [0.4, 0.5) is 8.78 Å². The zero-order valence-electron chi connectivity index (χ0n) is 30.0. The first kappa shape index (κ1) is 36.6. The van der Waals surface area contributed by atoms with Crippen LogP contribution in [0, 0.1) is 34.3 Å². The Labute approximate surface area is 320 Å². The molecule has 56 heavy (non-hydrogen) atoms. The number of aromatic nitrogens is 4. The van der Waals surface area contributed by atoms with Crippen LogP contribution in [0.25, 0.3) is 0 Å². The molecule has 6 aromatic rings. The van der Waals surface area contributed by atoms with E-state index in [4.69, 9.17) is 20.0 Å². The lowest BCUT2D eigenvalue weighted by Crippen LogP contribution is -2.26. The lowest BCUT2D eigenvalue weighted by Gasteiger charge is -2.26. The first-order chi connectivity index (χ1) is 27.1. The number of nitrogens with zero attached hydrogens (tertiary/aromatic N) is 6. The number of aromatic hydroxyl groups is 1. The van der Waals surface area contributed by atoms with Crippen molar-refractivity contribution in [3.63, 3.8) is 0 Å². The second-order valence-corrected chi connectivity index (χ2v) is 14.2. The third-order valence-corrected chi connectivity index (χ3v) is 10.8. The molecular formula is C43H36F2N6O5. The summed E-state index contributed by atoms with van der Waals surface area (Å²) in [6, 6.07) is 25.4. The predicted molar refractivity (Wildman–Crippen MR) is 197 cm³/mol. The van der Waals surface area contributed by atoms with Gasteiger partial charge in [-0.1, -0.05) is 36.4 Å². The molecule has 2 aromatic heterocycles. The summed E-state index contributed by atoms with van der Waals surface area (Å²) in [6.07, 6.45) is 9.42. The number of halogens is 2. The number of benzene rings is 4. The summed E-state index contributed by atoms with van der Waals surface area (Å²) in [5.41, 5.74) is 0.855. The first-order valence-electron chi connectivity index (χ1n) is 18.2.